The van der Waals surface area contributed by atoms with Gasteiger partial charge >= 0.3 is 0 Å². The van der Waals surface area contributed by atoms with Crippen LogP contribution in [0.2, 0.25) is 5.02 Å². The first-order chi connectivity index (χ1) is 13.9. The van der Waals surface area contributed by atoms with Crippen LogP contribution in [0, 0.1) is 0 Å². The van der Waals surface area contributed by atoms with Crippen LogP contribution in [0.1, 0.15) is 27.6 Å². The van der Waals surface area contributed by atoms with Gasteiger partial charge in [0.15, 0.2) is 0 Å². The summed E-state index contributed by atoms with van der Waals surface area (Å²) >= 11 is 6.38. The highest BCUT2D eigenvalue weighted by Gasteiger charge is 2.34. The smallest absolute Gasteiger partial charge is 0.259 e. The molecule has 142 valence electrons. The van der Waals surface area contributed by atoms with Crippen molar-refractivity contribution in [1.82, 2.24) is 10.3 Å². The Morgan fingerprint density at radius 3 is 2.45 bits per heavy atom. The molecule has 3 aromatic carbocycles. The average molecular weight is 404 g/mol. The third-order valence-corrected chi connectivity index (χ3v) is 5.38. The quantitative estimate of drug-likeness (QED) is 0.431. The van der Waals surface area contributed by atoms with E-state index in [1.54, 1.807) is 18.2 Å². The molecule has 0 aliphatic carbocycles. The molecule has 0 radical (unpaired) electrons. The summed E-state index contributed by atoms with van der Waals surface area (Å²) in [5.74, 6) is -1.09. The number of H-pyrrole nitrogens is 1. The van der Waals surface area contributed by atoms with Crippen molar-refractivity contribution in [2.75, 3.05) is 5.32 Å². The molecule has 2 heterocycles. The lowest BCUT2D eigenvalue weighted by Crippen LogP contribution is -2.20. The SMILES string of the molecule is CC(=O)Nc1ccc2[nH]c3cc(-c4ccccc4Cl)c4c(c3c2c1)C(=O)NC4=O. The van der Waals surface area contributed by atoms with Crippen molar-refractivity contribution < 1.29 is 14.4 Å². The number of amides is 3. The Bertz CT molecular complexity index is 1390. The highest BCUT2D eigenvalue weighted by Crippen LogP contribution is 2.41. The van der Waals surface area contributed by atoms with Crippen molar-refractivity contribution in [3.63, 3.8) is 0 Å². The van der Waals surface area contributed by atoms with Crippen LogP contribution in [0.25, 0.3) is 32.9 Å². The molecule has 0 atom stereocenters. The van der Waals surface area contributed by atoms with Crippen LogP contribution in [-0.4, -0.2) is 22.7 Å². The van der Waals surface area contributed by atoms with Crippen LogP contribution < -0.4 is 10.6 Å². The number of halogens is 1. The first-order valence-electron chi connectivity index (χ1n) is 8.94. The zero-order chi connectivity index (χ0) is 20.3. The zero-order valence-corrected chi connectivity index (χ0v) is 16.0. The third kappa shape index (κ3) is 2.61. The fraction of sp³-hybridized carbons (Fsp3) is 0.0455. The Morgan fingerprint density at radius 1 is 0.931 bits per heavy atom. The summed E-state index contributed by atoms with van der Waals surface area (Å²) in [6, 6.07) is 14.4. The molecule has 0 unspecified atom stereocenters. The largest absolute Gasteiger partial charge is 0.354 e. The van der Waals surface area contributed by atoms with Gasteiger partial charge in [-0.25, -0.2) is 0 Å². The number of imide groups is 1. The number of aromatic nitrogens is 1. The summed E-state index contributed by atoms with van der Waals surface area (Å²) in [5, 5.41) is 7.03. The van der Waals surface area contributed by atoms with Gasteiger partial charge in [-0.05, 0) is 35.9 Å². The highest BCUT2D eigenvalue weighted by molar-refractivity contribution is 6.36. The Morgan fingerprint density at radius 2 is 1.69 bits per heavy atom. The molecule has 3 N–H and O–H groups in total. The molecule has 1 aromatic heterocycles. The lowest BCUT2D eigenvalue weighted by molar-refractivity contribution is -0.114. The number of fused-ring (bicyclic) bond motifs is 5. The number of hydrogen-bond donors (Lipinski definition) is 3. The summed E-state index contributed by atoms with van der Waals surface area (Å²) in [6.45, 7) is 1.43. The minimum absolute atomic E-state index is 0.191. The molecular formula is C22H14ClN3O3. The molecule has 6 nitrogen and oxygen atoms in total. The highest BCUT2D eigenvalue weighted by atomic mass is 35.5. The van der Waals surface area contributed by atoms with Gasteiger partial charge < -0.3 is 10.3 Å². The number of rotatable bonds is 2. The predicted octanol–water partition coefficient (Wildman–Crippen LogP) is 4.48. The third-order valence-electron chi connectivity index (χ3n) is 5.05. The maximum absolute atomic E-state index is 12.7. The summed E-state index contributed by atoms with van der Waals surface area (Å²) < 4.78 is 0. The van der Waals surface area contributed by atoms with Crippen LogP contribution in [0.15, 0.2) is 48.5 Å². The van der Waals surface area contributed by atoms with Gasteiger partial charge in [-0.1, -0.05) is 29.8 Å². The second kappa shape index (κ2) is 6.18. The Labute approximate surface area is 169 Å². The van der Waals surface area contributed by atoms with E-state index in [-0.39, 0.29) is 5.91 Å². The summed E-state index contributed by atoms with van der Waals surface area (Å²) in [4.78, 5) is 40.1. The number of carbonyl (C=O) groups excluding carboxylic acids is 3. The van der Waals surface area contributed by atoms with Crippen LogP contribution in [0.4, 0.5) is 5.69 Å². The van der Waals surface area contributed by atoms with Crippen molar-refractivity contribution in [1.29, 1.82) is 0 Å². The molecule has 1 aliphatic rings. The van der Waals surface area contributed by atoms with Gasteiger partial charge in [0, 0.05) is 45.0 Å². The van der Waals surface area contributed by atoms with Crippen LogP contribution in [-0.2, 0) is 4.79 Å². The summed E-state index contributed by atoms with van der Waals surface area (Å²) in [7, 11) is 0. The first kappa shape index (κ1) is 17.5. The van der Waals surface area contributed by atoms with Crippen LogP contribution in [0.5, 0.6) is 0 Å². The monoisotopic (exact) mass is 403 g/mol. The lowest BCUT2D eigenvalue weighted by atomic mass is 9.93. The molecule has 29 heavy (non-hydrogen) atoms. The van der Waals surface area contributed by atoms with Crippen molar-refractivity contribution in [3.05, 3.63) is 64.7 Å². The van der Waals surface area contributed by atoms with E-state index < -0.39 is 11.8 Å². The van der Waals surface area contributed by atoms with Crippen molar-refractivity contribution in [2.24, 2.45) is 0 Å². The fourth-order valence-corrected chi connectivity index (χ4v) is 4.17. The number of nitrogens with one attached hydrogen (secondary N) is 3. The number of aromatic amines is 1. The normalized spacial score (nSPS) is 13.0. The van der Waals surface area contributed by atoms with E-state index in [9.17, 15) is 14.4 Å². The van der Waals surface area contributed by atoms with Gasteiger partial charge in [0.25, 0.3) is 11.8 Å². The number of benzene rings is 3. The molecular weight excluding hydrogens is 390 g/mol. The zero-order valence-electron chi connectivity index (χ0n) is 15.2. The Hall–Kier alpha value is -3.64. The van der Waals surface area contributed by atoms with E-state index >= 15 is 0 Å². The van der Waals surface area contributed by atoms with E-state index in [0.29, 0.717) is 43.9 Å². The van der Waals surface area contributed by atoms with E-state index in [4.69, 9.17) is 11.6 Å². The van der Waals surface area contributed by atoms with E-state index in [2.05, 4.69) is 15.6 Å². The fourth-order valence-electron chi connectivity index (χ4n) is 3.93. The van der Waals surface area contributed by atoms with E-state index in [1.165, 1.54) is 6.92 Å². The van der Waals surface area contributed by atoms with E-state index in [1.807, 2.05) is 30.3 Å². The second-order valence-electron chi connectivity index (χ2n) is 6.93. The van der Waals surface area contributed by atoms with Gasteiger partial charge in [-0.3, -0.25) is 19.7 Å². The molecule has 0 bridgehead atoms. The molecule has 4 aromatic rings. The maximum atomic E-state index is 12.7. The number of carbonyl (C=O) groups is 3. The summed E-state index contributed by atoms with van der Waals surface area (Å²) in [6.07, 6.45) is 0. The molecule has 0 saturated carbocycles. The molecule has 1 aliphatic heterocycles. The second-order valence-corrected chi connectivity index (χ2v) is 7.33. The predicted molar refractivity (Wildman–Crippen MR) is 112 cm³/mol. The molecule has 7 heteroatoms. The average Bonchev–Trinajstić information content (AvgIpc) is 3.17. The molecule has 0 fully saturated rings. The molecule has 5 rings (SSSR count). The standard InChI is InChI=1S/C22H14ClN3O3/c1-10(27)24-11-6-7-16-14(8-11)18-17(25-16)9-13(12-4-2-3-5-15(12)23)19-20(18)22(29)26-21(19)28/h2-9,25H,1H3,(H,24,27)(H,26,28,29). The van der Waals surface area contributed by atoms with Gasteiger partial charge in [0.05, 0.1) is 11.1 Å². The molecule has 0 spiro atoms. The van der Waals surface area contributed by atoms with Gasteiger partial charge in [0.2, 0.25) is 5.91 Å². The topological polar surface area (TPSA) is 91.1 Å². The van der Waals surface area contributed by atoms with Crippen LogP contribution in [0.3, 0.4) is 0 Å². The summed E-state index contributed by atoms with van der Waals surface area (Å²) in [5.41, 5.74) is 4.00. The minimum Gasteiger partial charge on any atom is -0.354 e. The minimum atomic E-state index is -0.450. The van der Waals surface area contributed by atoms with Crippen LogP contribution >= 0.6 is 11.6 Å². The van der Waals surface area contributed by atoms with Crippen molar-refractivity contribution in [2.45, 2.75) is 6.92 Å². The van der Waals surface area contributed by atoms with E-state index in [0.717, 1.165) is 10.9 Å². The van der Waals surface area contributed by atoms with Crippen molar-refractivity contribution >= 4 is 56.8 Å². The number of hydrogen-bond acceptors (Lipinski definition) is 3. The van der Waals surface area contributed by atoms with Gasteiger partial charge in [0.1, 0.15) is 0 Å². The van der Waals surface area contributed by atoms with Gasteiger partial charge in [-0.2, -0.15) is 0 Å². The maximum Gasteiger partial charge on any atom is 0.259 e. The number of anilines is 1. The molecule has 0 saturated heterocycles. The Kier molecular flexibility index (Phi) is 3.72. The van der Waals surface area contributed by atoms with Gasteiger partial charge in [-0.15, -0.1) is 0 Å². The van der Waals surface area contributed by atoms with Crippen molar-refractivity contribution in [3.8, 4) is 11.1 Å². The lowest BCUT2D eigenvalue weighted by Gasteiger charge is -2.10. The molecule has 3 amide bonds. The first-order valence-corrected chi connectivity index (χ1v) is 9.32. The Balaban J connectivity index is 1.90.